The van der Waals surface area contributed by atoms with Crippen molar-refractivity contribution in [1.29, 1.82) is 0 Å². The van der Waals surface area contributed by atoms with Crippen LogP contribution < -0.4 is 4.74 Å². The summed E-state index contributed by atoms with van der Waals surface area (Å²) < 4.78 is 23.7. The van der Waals surface area contributed by atoms with Crippen LogP contribution in [0.25, 0.3) is 0 Å². The highest BCUT2D eigenvalue weighted by atomic mass is 79.9. The average molecular weight is 321 g/mol. The van der Waals surface area contributed by atoms with Gasteiger partial charge in [-0.1, -0.05) is 0 Å². The highest BCUT2D eigenvalue weighted by Gasteiger charge is 2.16. The number of hydrogen-bond acceptors (Lipinski definition) is 4. The molecule has 98 valence electrons. The summed E-state index contributed by atoms with van der Waals surface area (Å²) in [6.45, 7) is -0.116. The summed E-state index contributed by atoms with van der Waals surface area (Å²) in [4.78, 5) is 10.9. The van der Waals surface area contributed by atoms with Crippen LogP contribution in [-0.2, 0) is 16.1 Å². The van der Waals surface area contributed by atoms with Crippen molar-refractivity contribution in [3.05, 3.63) is 28.0 Å². The fraction of sp³-hybridized carbons (Fsp3) is 0.273. The van der Waals surface area contributed by atoms with Gasteiger partial charge in [0.25, 0.3) is 6.21 Å². The van der Waals surface area contributed by atoms with Crippen LogP contribution in [0.4, 0.5) is 4.39 Å². The molecule has 0 spiro atoms. The molecule has 7 heteroatoms. The lowest BCUT2D eigenvalue weighted by Crippen LogP contribution is -2.16. The maximum Gasteiger partial charge on any atom is 0.399 e. The largest absolute Gasteiger partial charge is 0.495 e. The first-order valence-corrected chi connectivity index (χ1v) is 5.67. The fourth-order valence-electron chi connectivity index (χ4n) is 1.35. The van der Waals surface area contributed by atoms with E-state index in [1.807, 2.05) is 0 Å². The van der Waals surface area contributed by atoms with E-state index in [0.29, 0.717) is 20.5 Å². The molecule has 0 saturated heterocycles. The van der Waals surface area contributed by atoms with E-state index in [1.165, 1.54) is 26.4 Å². The molecule has 0 heterocycles. The molecule has 0 saturated carbocycles. The maximum atomic E-state index is 13.2. The van der Waals surface area contributed by atoms with Gasteiger partial charge in [-0.2, -0.15) is 0 Å². The molecule has 0 aliphatic carbocycles. The van der Waals surface area contributed by atoms with Crippen LogP contribution in [0.5, 0.6) is 5.75 Å². The third kappa shape index (κ3) is 3.69. The van der Waals surface area contributed by atoms with Gasteiger partial charge in [0, 0.05) is 0 Å². The predicted molar refractivity (Wildman–Crippen MR) is 64.5 cm³/mol. The zero-order valence-corrected chi connectivity index (χ0v) is 11.4. The Morgan fingerprint density at radius 2 is 2.22 bits per heavy atom. The number of hydrogen-bond donors (Lipinski definition) is 1. The summed E-state index contributed by atoms with van der Waals surface area (Å²) >= 11 is 3.15. The predicted octanol–water partition coefficient (Wildman–Crippen LogP) is 1.74. The van der Waals surface area contributed by atoms with E-state index in [9.17, 15) is 14.4 Å². The van der Waals surface area contributed by atoms with Crippen molar-refractivity contribution in [3.63, 3.8) is 0 Å². The lowest BCUT2D eigenvalue weighted by Gasteiger charge is -2.07. The molecule has 0 aromatic heterocycles. The maximum absolute atomic E-state index is 13.2. The number of esters is 1. The highest BCUT2D eigenvalue weighted by molar-refractivity contribution is 9.10. The number of halogens is 2. The van der Waals surface area contributed by atoms with Crippen molar-refractivity contribution in [2.24, 2.45) is 0 Å². The Balaban J connectivity index is 3.03. The molecule has 0 fully saturated rings. The van der Waals surface area contributed by atoms with E-state index in [4.69, 9.17) is 4.74 Å². The second kappa shape index (κ2) is 6.34. The summed E-state index contributed by atoms with van der Waals surface area (Å²) in [6, 6.07) is 2.45. The molecule has 0 atom stereocenters. The molecule has 1 aromatic carbocycles. The number of methoxy groups -OCH3 is 2. The first-order valence-electron chi connectivity index (χ1n) is 4.88. The molecule has 0 unspecified atom stereocenters. The smallest absolute Gasteiger partial charge is 0.399 e. The van der Waals surface area contributed by atoms with Gasteiger partial charge in [0.2, 0.25) is 6.54 Å². The molecule has 0 bridgehead atoms. The molecule has 0 aliphatic heterocycles. The minimum atomic E-state index is -0.716. The van der Waals surface area contributed by atoms with Crippen molar-refractivity contribution in [2.45, 2.75) is 6.54 Å². The van der Waals surface area contributed by atoms with E-state index < -0.39 is 11.8 Å². The van der Waals surface area contributed by atoms with E-state index >= 15 is 0 Å². The molecular formula is C11H12BrFNO4+. The second-order valence-corrected chi connectivity index (χ2v) is 4.18. The molecule has 0 aliphatic rings. The van der Waals surface area contributed by atoms with Crippen LogP contribution in [0.2, 0.25) is 0 Å². The summed E-state index contributed by atoms with van der Waals surface area (Å²) in [5.41, 5.74) is 0.382. The fourth-order valence-corrected chi connectivity index (χ4v) is 1.99. The van der Waals surface area contributed by atoms with Gasteiger partial charge in [-0.25, -0.2) is 9.18 Å². The van der Waals surface area contributed by atoms with Crippen LogP contribution in [0, 0.1) is 5.82 Å². The standard InChI is InChI=1S/C11H12BrFNO4/c1-17-10(15)6-14(16)5-7-3-8(13)4-9(12)11(7)18-2/h3-4,6,16H,5H2,1-2H3/q+1/b14-6-. The van der Waals surface area contributed by atoms with Crippen molar-refractivity contribution in [3.8, 4) is 5.75 Å². The van der Waals surface area contributed by atoms with Crippen molar-refractivity contribution >= 4 is 28.1 Å². The van der Waals surface area contributed by atoms with E-state index in [1.54, 1.807) is 0 Å². The third-order valence-corrected chi connectivity index (χ3v) is 2.67. The van der Waals surface area contributed by atoms with Gasteiger partial charge in [-0.15, -0.1) is 0 Å². The number of hydroxylamine groups is 1. The SMILES string of the molecule is COC(=O)/C=[N+](\O)Cc1cc(F)cc(Br)c1OC. The number of nitrogens with zero attached hydrogens (tertiary/aromatic N) is 1. The molecular weight excluding hydrogens is 309 g/mol. The van der Waals surface area contributed by atoms with Gasteiger partial charge < -0.3 is 9.47 Å². The third-order valence-electron chi connectivity index (χ3n) is 2.08. The van der Waals surface area contributed by atoms with Crippen molar-refractivity contribution < 1.29 is 28.6 Å². The van der Waals surface area contributed by atoms with Crippen LogP contribution >= 0.6 is 15.9 Å². The van der Waals surface area contributed by atoms with E-state index in [0.717, 1.165) is 6.21 Å². The minimum Gasteiger partial charge on any atom is -0.495 e. The summed E-state index contributed by atoms with van der Waals surface area (Å²) in [5.74, 6) is -0.815. The summed E-state index contributed by atoms with van der Waals surface area (Å²) in [7, 11) is 2.61. The van der Waals surface area contributed by atoms with Crippen LogP contribution in [-0.4, -0.2) is 36.3 Å². The molecule has 5 nitrogen and oxygen atoms in total. The Hall–Kier alpha value is -1.63. The Labute approximate surface area is 112 Å². The second-order valence-electron chi connectivity index (χ2n) is 3.33. The Kier molecular flexibility index (Phi) is 5.08. The van der Waals surface area contributed by atoms with Crippen LogP contribution in [0.15, 0.2) is 16.6 Å². The first kappa shape index (κ1) is 14.4. The molecule has 1 N–H and O–H groups in total. The number of carbonyl (C=O) groups excluding carboxylic acids is 1. The Morgan fingerprint density at radius 1 is 1.56 bits per heavy atom. The first-order chi connectivity index (χ1) is 8.47. The van der Waals surface area contributed by atoms with Crippen LogP contribution in [0.3, 0.4) is 0 Å². The quantitative estimate of drug-likeness (QED) is 0.302. The van der Waals surface area contributed by atoms with Crippen molar-refractivity contribution in [1.82, 2.24) is 0 Å². The number of benzene rings is 1. The van der Waals surface area contributed by atoms with Gasteiger partial charge in [0.15, 0.2) is 0 Å². The zero-order valence-electron chi connectivity index (χ0n) is 9.81. The van der Waals surface area contributed by atoms with Gasteiger partial charge in [-0.3, -0.25) is 5.21 Å². The molecule has 1 aromatic rings. The lowest BCUT2D eigenvalue weighted by atomic mass is 10.2. The van der Waals surface area contributed by atoms with Gasteiger partial charge in [0.1, 0.15) is 11.6 Å². The number of carbonyl (C=O) groups is 1. The van der Waals surface area contributed by atoms with Crippen LogP contribution in [0.1, 0.15) is 5.56 Å². The molecule has 18 heavy (non-hydrogen) atoms. The summed E-state index contributed by atoms with van der Waals surface area (Å²) in [5, 5.41) is 9.49. The molecule has 0 radical (unpaired) electrons. The molecule has 0 amide bonds. The van der Waals surface area contributed by atoms with Gasteiger partial charge >= 0.3 is 5.97 Å². The van der Waals surface area contributed by atoms with Crippen molar-refractivity contribution in [2.75, 3.05) is 14.2 Å². The highest BCUT2D eigenvalue weighted by Crippen LogP contribution is 2.30. The monoisotopic (exact) mass is 320 g/mol. The van der Waals surface area contributed by atoms with E-state index in [-0.39, 0.29) is 6.54 Å². The Morgan fingerprint density at radius 3 is 2.78 bits per heavy atom. The number of rotatable bonds is 4. The molecule has 1 rings (SSSR count). The minimum absolute atomic E-state index is 0.116. The van der Waals surface area contributed by atoms with Gasteiger partial charge in [-0.05, 0) is 32.8 Å². The average Bonchev–Trinajstić information content (AvgIpc) is 2.28. The topological polar surface area (TPSA) is 58.8 Å². The van der Waals surface area contributed by atoms with E-state index in [2.05, 4.69) is 20.7 Å². The Bertz CT molecular complexity index is 490. The lowest BCUT2D eigenvalue weighted by molar-refractivity contribution is -0.783. The zero-order chi connectivity index (χ0) is 13.7. The normalized spacial score (nSPS) is 11.2. The summed E-state index contributed by atoms with van der Waals surface area (Å²) in [6.07, 6.45) is 0.845. The van der Waals surface area contributed by atoms with Gasteiger partial charge in [0.05, 0.1) is 24.3 Å². The number of ether oxygens (including phenoxy) is 2.